The van der Waals surface area contributed by atoms with E-state index in [2.05, 4.69) is 0 Å². The summed E-state index contributed by atoms with van der Waals surface area (Å²) < 4.78 is 55.8. The van der Waals surface area contributed by atoms with Crippen molar-refractivity contribution in [1.29, 1.82) is 0 Å². The molecule has 1 unspecified atom stereocenters. The molecule has 1 aromatic rings. The largest absolute Gasteiger partial charge is 0.487 e. The smallest absolute Gasteiger partial charge is 0.340 e. The molecule has 1 heterocycles. The average Bonchev–Trinajstić information content (AvgIpc) is 2.90. The Hall–Kier alpha value is -2.22. The standard InChI is InChI=1S/C26H36F4N4O9.Gd/c27-25(28)26(29,30)17-43-19-3-1-18(2-4-19)13-20(24(41)42)34-11-9-32(15-22(37)38)7-5-31(14-21(35)36)6-8-33(10-12-34)16-23(39)40;/h1-4,20,25H,5-17H2,(H,35,36)(H,37,38)(H,39,40)(H,41,42);. The van der Waals surface area contributed by atoms with Gasteiger partial charge in [0, 0.05) is 92.3 Å². The number of nitrogens with zero attached hydrogens (tertiary/aromatic N) is 4. The summed E-state index contributed by atoms with van der Waals surface area (Å²) in [6.45, 7) is -1.54. The summed E-state index contributed by atoms with van der Waals surface area (Å²) >= 11 is 0. The molecule has 250 valence electrons. The van der Waals surface area contributed by atoms with E-state index in [0.717, 1.165) is 0 Å². The van der Waals surface area contributed by atoms with E-state index in [0.29, 0.717) is 5.56 Å². The van der Waals surface area contributed by atoms with Crippen molar-refractivity contribution >= 4 is 23.9 Å². The molecule has 1 saturated heterocycles. The van der Waals surface area contributed by atoms with E-state index in [1.54, 1.807) is 19.6 Å². The van der Waals surface area contributed by atoms with Crippen LogP contribution in [-0.4, -0.2) is 161 Å². The maximum absolute atomic E-state index is 13.2. The van der Waals surface area contributed by atoms with Gasteiger partial charge in [0.25, 0.3) is 0 Å². The van der Waals surface area contributed by atoms with Crippen LogP contribution in [0.4, 0.5) is 17.6 Å². The molecule has 2 rings (SSSR count). The van der Waals surface area contributed by atoms with Crippen LogP contribution in [0, 0.1) is 39.9 Å². The SMILES string of the molecule is O=C(O)CN1CCN(CC(=O)O)CCN(C(Cc2ccc(OCC(F)(F)C(F)F)cc2)C(=O)O)CCN(CC(=O)O)CC1.[Gd]. The van der Waals surface area contributed by atoms with Crippen LogP contribution in [0.1, 0.15) is 5.56 Å². The number of alkyl halides is 4. The zero-order chi connectivity index (χ0) is 32.2. The van der Waals surface area contributed by atoms with Crippen LogP contribution >= 0.6 is 0 Å². The van der Waals surface area contributed by atoms with Crippen LogP contribution in [0.15, 0.2) is 24.3 Å². The summed E-state index contributed by atoms with van der Waals surface area (Å²) in [4.78, 5) is 52.9. The molecule has 1 aromatic carbocycles. The molecule has 0 amide bonds. The van der Waals surface area contributed by atoms with Crippen molar-refractivity contribution in [3.8, 4) is 5.75 Å². The molecule has 0 spiro atoms. The van der Waals surface area contributed by atoms with Gasteiger partial charge >= 0.3 is 36.2 Å². The van der Waals surface area contributed by atoms with E-state index in [9.17, 15) is 57.2 Å². The summed E-state index contributed by atoms with van der Waals surface area (Å²) in [6, 6.07) is 4.16. The van der Waals surface area contributed by atoms with Crippen LogP contribution < -0.4 is 4.74 Å². The zero-order valence-corrected chi connectivity index (χ0v) is 25.9. The van der Waals surface area contributed by atoms with Crippen molar-refractivity contribution in [1.82, 2.24) is 19.6 Å². The molecule has 1 aliphatic rings. The number of hydrogen-bond donors (Lipinski definition) is 4. The van der Waals surface area contributed by atoms with Gasteiger partial charge in [0.05, 0.1) is 19.6 Å². The first-order valence-corrected chi connectivity index (χ1v) is 13.3. The topological polar surface area (TPSA) is 171 Å². The minimum Gasteiger partial charge on any atom is -0.487 e. The summed E-state index contributed by atoms with van der Waals surface area (Å²) in [7, 11) is 0. The molecule has 13 nitrogen and oxygen atoms in total. The minimum absolute atomic E-state index is 0. The summed E-state index contributed by atoms with van der Waals surface area (Å²) in [5.74, 6) is -9.02. The zero-order valence-electron chi connectivity index (χ0n) is 23.6. The van der Waals surface area contributed by atoms with Gasteiger partial charge in [0.1, 0.15) is 11.8 Å². The van der Waals surface area contributed by atoms with Crippen molar-refractivity contribution in [2.24, 2.45) is 0 Å². The summed E-state index contributed by atoms with van der Waals surface area (Å²) in [6.07, 6.45) is -3.97. The first kappa shape index (κ1) is 39.8. The van der Waals surface area contributed by atoms with E-state index < -0.39 is 48.9 Å². The second kappa shape index (κ2) is 19.3. The Morgan fingerprint density at radius 2 is 1.11 bits per heavy atom. The van der Waals surface area contributed by atoms with Gasteiger partial charge < -0.3 is 25.2 Å². The summed E-state index contributed by atoms with van der Waals surface area (Å²) in [5, 5.41) is 38.1. The Labute approximate surface area is 283 Å². The van der Waals surface area contributed by atoms with Crippen molar-refractivity contribution in [3.63, 3.8) is 0 Å². The van der Waals surface area contributed by atoms with Gasteiger partial charge in [-0.25, -0.2) is 8.78 Å². The molecular weight excluding hydrogens is 746 g/mol. The molecule has 1 aliphatic heterocycles. The normalized spacial score (nSPS) is 17.6. The van der Waals surface area contributed by atoms with Crippen molar-refractivity contribution < 1.29 is 102 Å². The van der Waals surface area contributed by atoms with Gasteiger partial charge in [-0.2, -0.15) is 8.78 Å². The number of carbonyl (C=O) groups is 4. The number of rotatable bonds is 14. The fourth-order valence-corrected chi connectivity index (χ4v) is 4.47. The van der Waals surface area contributed by atoms with Crippen molar-refractivity contribution in [3.05, 3.63) is 29.8 Å². The van der Waals surface area contributed by atoms with Crippen LogP contribution in [0.25, 0.3) is 0 Å². The predicted molar refractivity (Wildman–Crippen MR) is 142 cm³/mol. The van der Waals surface area contributed by atoms with Crippen molar-refractivity contribution in [2.75, 3.05) is 78.6 Å². The predicted octanol–water partition coefficient (Wildman–Crippen LogP) is 0.437. The average molecular weight is 782 g/mol. The molecule has 0 aliphatic carbocycles. The van der Waals surface area contributed by atoms with Gasteiger partial charge in [-0.3, -0.25) is 38.8 Å². The Kier molecular flexibility index (Phi) is 17.5. The first-order valence-electron chi connectivity index (χ1n) is 13.3. The fourth-order valence-electron chi connectivity index (χ4n) is 4.47. The van der Waals surface area contributed by atoms with E-state index in [1.807, 2.05) is 0 Å². The van der Waals surface area contributed by atoms with E-state index in [-0.39, 0.29) is 124 Å². The maximum Gasteiger partial charge on any atom is 0.340 e. The summed E-state index contributed by atoms with van der Waals surface area (Å²) in [5.41, 5.74) is 0.459. The second-order valence-corrected chi connectivity index (χ2v) is 10.1. The van der Waals surface area contributed by atoms with Crippen molar-refractivity contribution in [2.45, 2.75) is 24.8 Å². The minimum atomic E-state index is -4.34. The fraction of sp³-hybridized carbons (Fsp3) is 0.615. The van der Waals surface area contributed by atoms with E-state index in [1.165, 1.54) is 24.3 Å². The number of aliphatic carboxylic acids is 4. The Morgan fingerprint density at radius 1 is 0.727 bits per heavy atom. The maximum atomic E-state index is 13.2. The van der Waals surface area contributed by atoms with Gasteiger partial charge in [0.2, 0.25) is 0 Å². The molecule has 18 heteroatoms. The molecule has 44 heavy (non-hydrogen) atoms. The van der Waals surface area contributed by atoms with Crippen LogP contribution in [0.2, 0.25) is 0 Å². The quantitative estimate of drug-likeness (QED) is 0.192. The van der Waals surface area contributed by atoms with Gasteiger partial charge in [-0.05, 0) is 24.1 Å². The molecule has 0 bridgehead atoms. The number of carboxylic acids is 4. The number of halogens is 4. The van der Waals surface area contributed by atoms with Gasteiger partial charge in [-0.15, -0.1) is 0 Å². The monoisotopic (exact) mass is 782 g/mol. The Bertz CT molecular complexity index is 1060. The Balaban J connectivity index is 0.00000968. The third kappa shape index (κ3) is 14.7. The van der Waals surface area contributed by atoms with Crippen LogP contribution in [-0.2, 0) is 25.6 Å². The number of carboxylic acid groups (broad SMARTS) is 4. The van der Waals surface area contributed by atoms with Gasteiger partial charge in [0.15, 0.2) is 6.61 Å². The third-order valence-corrected chi connectivity index (χ3v) is 6.78. The number of hydrogen-bond acceptors (Lipinski definition) is 9. The molecule has 1 fully saturated rings. The van der Waals surface area contributed by atoms with E-state index >= 15 is 0 Å². The molecule has 0 aromatic heterocycles. The Morgan fingerprint density at radius 3 is 1.45 bits per heavy atom. The molecule has 0 radical (unpaired) electrons. The molecule has 4 N–H and O–H groups in total. The van der Waals surface area contributed by atoms with E-state index in [4.69, 9.17) is 4.74 Å². The molecule has 1 atom stereocenters. The number of benzene rings is 1. The number of ether oxygens (including phenoxy) is 1. The third-order valence-electron chi connectivity index (χ3n) is 6.78. The van der Waals surface area contributed by atoms with Crippen LogP contribution in [0.3, 0.4) is 0 Å². The first-order chi connectivity index (χ1) is 20.2. The van der Waals surface area contributed by atoms with Crippen LogP contribution in [0.5, 0.6) is 5.75 Å². The molecule has 0 saturated carbocycles. The molecular formula is C26H36F4GdN4O9. The van der Waals surface area contributed by atoms with Gasteiger partial charge in [-0.1, -0.05) is 12.1 Å². The second-order valence-electron chi connectivity index (χ2n) is 10.1.